The summed E-state index contributed by atoms with van der Waals surface area (Å²) in [5, 5.41) is 9.68. The van der Waals surface area contributed by atoms with Gasteiger partial charge in [0.2, 0.25) is 0 Å². The Kier molecular flexibility index (Phi) is 2.70. The highest BCUT2D eigenvalue weighted by Crippen LogP contribution is 2.52. The van der Waals surface area contributed by atoms with Gasteiger partial charge in [-0.1, -0.05) is 31.6 Å². The normalized spacial score (nSPS) is 32.1. The first-order valence-electron chi connectivity index (χ1n) is 6.81. The molecule has 18 heavy (non-hydrogen) atoms. The molecule has 0 aromatic heterocycles. The Morgan fingerprint density at radius 3 is 3.00 bits per heavy atom. The lowest BCUT2D eigenvalue weighted by Crippen LogP contribution is -2.45. The van der Waals surface area contributed by atoms with Crippen LogP contribution in [-0.4, -0.2) is 29.6 Å². The van der Waals surface area contributed by atoms with Gasteiger partial charge in [-0.15, -0.1) is 0 Å². The van der Waals surface area contributed by atoms with Gasteiger partial charge in [0.25, 0.3) is 0 Å². The van der Waals surface area contributed by atoms with Crippen molar-refractivity contribution < 1.29 is 5.11 Å². The summed E-state index contributed by atoms with van der Waals surface area (Å²) in [6.45, 7) is 3.40. The van der Waals surface area contributed by atoms with E-state index in [0.717, 1.165) is 6.54 Å². The molecule has 0 spiro atoms. The number of rotatable bonds is 1. The molecule has 1 N–H and O–H groups in total. The van der Waals surface area contributed by atoms with Crippen molar-refractivity contribution in [2.24, 2.45) is 5.41 Å². The molecular formula is C16H21NO. The zero-order valence-electron chi connectivity index (χ0n) is 11.2. The van der Waals surface area contributed by atoms with Gasteiger partial charge in [-0.3, -0.25) is 4.90 Å². The lowest BCUT2D eigenvalue weighted by atomic mass is 9.72. The maximum atomic E-state index is 9.68. The predicted molar refractivity (Wildman–Crippen MR) is 74.5 cm³/mol. The van der Waals surface area contributed by atoms with Crippen molar-refractivity contribution in [2.45, 2.75) is 32.2 Å². The monoisotopic (exact) mass is 243 g/mol. The van der Waals surface area contributed by atoms with Gasteiger partial charge in [0.15, 0.2) is 0 Å². The Labute approximate surface area is 109 Å². The smallest absolute Gasteiger partial charge is 0.116 e. The van der Waals surface area contributed by atoms with Crippen LogP contribution in [0.5, 0.6) is 5.75 Å². The van der Waals surface area contributed by atoms with E-state index in [1.54, 1.807) is 6.07 Å². The van der Waals surface area contributed by atoms with Crippen LogP contribution >= 0.6 is 0 Å². The Hall–Kier alpha value is -1.28. The molecule has 96 valence electrons. The summed E-state index contributed by atoms with van der Waals surface area (Å²) in [4.78, 5) is 2.47. The highest BCUT2D eigenvalue weighted by Gasteiger charge is 2.45. The number of phenols is 1. The number of benzene rings is 1. The third-order valence-corrected chi connectivity index (χ3v) is 4.80. The van der Waals surface area contributed by atoms with Gasteiger partial charge < -0.3 is 5.11 Å². The fourth-order valence-electron chi connectivity index (χ4n) is 3.89. The Morgan fingerprint density at radius 1 is 1.39 bits per heavy atom. The molecule has 1 saturated carbocycles. The van der Waals surface area contributed by atoms with E-state index < -0.39 is 0 Å². The van der Waals surface area contributed by atoms with Crippen molar-refractivity contribution in [1.82, 2.24) is 4.90 Å². The molecule has 2 heteroatoms. The van der Waals surface area contributed by atoms with Crippen LogP contribution in [0.2, 0.25) is 0 Å². The Balaban J connectivity index is 2.06. The van der Waals surface area contributed by atoms with Gasteiger partial charge in [-0.25, -0.2) is 0 Å². The van der Waals surface area contributed by atoms with E-state index in [1.807, 2.05) is 12.1 Å². The Bertz CT molecular complexity index is 494. The van der Waals surface area contributed by atoms with Crippen LogP contribution in [0, 0.1) is 5.41 Å². The summed E-state index contributed by atoms with van der Waals surface area (Å²) in [7, 11) is 2.23. The second kappa shape index (κ2) is 4.13. The number of nitrogens with zero attached hydrogens (tertiary/aromatic N) is 1. The zero-order chi connectivity index (χ0) is 12.8. The van der Waals surface area contributed by atoms with Crippen LogP contribution in [0.25, 0.3) is 5.57 Å². The SMILES string of the molecule is CN1CC=C(c2cccc(O)c2)[C@@]2(C)CCC[C@@H]12. The predicted octanol–water partition coefficient (Wildman–Crippen LogP) is 3.28. The van der Waals surface area contributed by atoms with E-state index in [1.165, 1.54) is 30.4 Å². The fourth-order valence-corrected chi connectivity index (χ4v) is 3.89. The van der Waals surface area contributed by atoms with Gasteiger partial charge in [-0.05, 0) is 43.2 Å². The molecule has 0 saturated heterocycles. The van der Waals surface area contributed by atoms with Crippen molar-refractivity contribution in [3.05, 3.63) is 35.9 Å². The quantitative estimate of drug-likeness (QED) is 0.818. The minimum absolute atomic E-state index is 0.251. The number of aromatic hydroxyl groups is 1. The van der Waals surface area contributed by atoms with Gasteiger partial charge in [0.1, 0.15) is 5.75 Å². The first kappa shape index (κ1) is 11.8. The molecule has 0 unspecified atom stereocenters. The molecule has 3 rings (SSSR count). The molecule has 1 heterocycles. The molecule has 0 bridgehead atoms. The summed E-state index contributed by atoms with van der Waals surface area (Å²) in [5.74, 6) is 0.366. The summed E-state index contributed by atoms with van der Waals surface area (Å²) in [6.07, 6.45) is 6.20. The molecule has 0 radical (unpaired) electrons. The summed E-state index contributed by atoms with van der Waals surface area (Å²) >= 11 is 0. The van der Waals surface area contributed by atoms with Crippen molar-refractivity contribution in [3.8, 4) is 5.75 Å². The van der Waals surface area contributed by atoms with Crippen LogP contribution in [0.1, 0.15) is 31.7 Å². The number of phenolic OH excluding ortho intramolecular Hbond substituents is 1. The molecule has 2 aliphatic rings. The molecular weight excluding hydrogens is 222 g/mol. The zero-order valence-corrected chi connectivity index (χ0v) is 11.2. The molecule has 1 aliphatic carbocycles. The van der Waals surface area contributed by atoms with Gasteiger partial charge in [-0.2, -0.15) is 0 Å². The third-order valence-electron chi connectivity index (χ3n) is 4.80. The van der Waals surface area contributed by atoms with Crippen molar-refractivity contribution >= 4 is 5.57 Å². The van der Waals surface area contributed by atoms with Crippen molar-refractivity contribution in [1.29, 1.82) is 0 Å². The highest BCUT2D eigenvalue weighted by atomic mass is 16.3. The minimum atomic E-state index is 0.251. The van der Waals surface area contributed by atoms with Crippen LogP contribution in [0.15, 0.2) is 30.3 Å². The van der Waals surface area contributed by atoms with Gasteiger partial charge in [0, 0.05) is 18.0 Å². The molecule has 0 amide bonds. The van der Waals surface area contributed by atoms with Gasteiger partial charge in [0.05, 0.1) is 0 Å². The summed E-state index contributed by atoms with van der Waals surface area (Å²) < 4.78 is 0. The second-order valence-electron chi connectivity index (χ2n) is 5.93. The number of fused-ring (bicyclic) bond motifs is 1. The van der Waals surface area contributed by atoms with Gasteiger partial charge >= 0.3 is 0 Å². The van der Waals surface area contributed by atoms with Crippen LogP contribution in [0.3, 0.4) is 0 Å². The standard InChI is InChI=1S/C16H21NO/c1-16-9-4-7-15(16)17(2)10-8-14(16)12-5-3-6-13(18)11-12/h3,5-6,8,11,15,18H,4,7,9-10H2,1-2H3/t15-,16-/m1/s1. The summed E-state index contributed by atoms with van der Waals surface area (Å²) in [5.41, 5.74) is 2.87. The average Bonchev–Trinajstić information content (AvgIpc) is 2.73. The molecule has 1 fully saturated rings. The van der Waals surface area contributed by atoms with Crippen LogP contribution in [0.4, 0.5) is 0 Å². The lowest BCUT2D eigenvalue weighted by molar-refractivity contribution is 0.172. The molecule has 1 aromatic rings. The van der Waals surface area contributed by atoms with E-state index in [-0.39, 0.29) is 5.41 Å². The summed E-state index contributed by atoms with van der Waals surface area (Å²) in [6, 6.07) is 8.36. The highest BCUT2D eigenvalue weighted by molar-refractivity contribution is 5.73. The number of hydrogen-bond donors (Lipinski definition) is 1. The third kappa shape index (κ3) is 1.67. The van der Waals surface area contributed by atoms with E-state index in [9.17, 15) is 5.11 Å². The number of likely N-dealkylation sites (N-methyl/N-ethyl adjacent to an activating group) is 1. The molecule has 2 nitrogen and oxygen atoms in total. The molecule has 1 aromatic carbocycles. The topological polar surface area (TPSA) is 23.5 Å². The average molecular weight is 243 g/mol. The lowest BCUT2D eigenvalue weighted by Gasteiger charge is -2.43. The molecule has 2 atom stereocenters. The van der Waals surface area contributed by atoms with E-state index in [0.29, 0.717) is 11.8 Å². The van der Waals surface area contributed by atoms with Crippen LogP contribution < -0.4 is 0 Å². The first-order chi connectivity index (χ1) is 8.61. The van der Waals surface area contributed by atoms with E-state index in [2.05, 4.69) is 31.0 Å². The van der Waals surface area contributed by atoms with E-state index in [4.69, 9.17) is 0 Å². The first-order valence-corrected chi connectivity index (χ1v) is 6.81. The second-order valence-corrected chi connectivity index (χ2v) is 5.93. The largest absolute Gasteiger partial charge is 0.508 e. The maximum absolute atomic E-state index is 9.68. The Morgan fingerprint density at radius 2 is 2.22 bits per heavy atom. The number of hydrogen-bond acceptors (Lipinski definition) is 2. The van der Waals surface area contributed by atoms with E-state index >= 15 is 0 Å². The fraction of sp³-hybridized carbons (Fsp3) is 0.500. The van der Waals surface area contributed by atoms with Crippen molar-refractivity contribution in [3.63, 3.8) is 0 Å². The van der Waals surface area contributed by atoms with Crippen LogP contribution in [-0.2, 0) is 0 Å². The maximum Gasteiger partial charge on any atom is 0.116 e. The minimum Gasteiger partial charge on any atom is -0.508 e. The molecule has 1 aliphatic heterocycles. The van der Waals surface area contributed by atoms with Crippen molar-refractivity contribution in [2.75, 3.05) is 13.6 Å².